The van der Waals surface area contributed by atoms with Gasteiger partial charge in [0.2, 0.25) is 17.6 Å². The molecule has 1 N–H and O–H groups in total. The molecule has 1 aromatic heterocycles. The Hall–Kier alpha value is -2.35. The summed E-state index contributed by atoms with van der Waals surface area (Å²) < 4.78 is 5.52. The molecule has 1 saturated heterocycles. The maximum absolute atomic E-state index is 12.6. The highest BCUT2D eigenvalue weighted by Gasteiger charge is 2.26. The Labute approximate surface area is 223 Å². The summed E-state index contributed by atoms with van der Waals surface area (Å²) in [5, 5.41) is 8.04. The standard InChI is InChI=1S/C28H35ClN4O2S/c1-28(2,3)23-8-6-21(7-9-23)26-31-25(35-32-26)18-33-15-12-22(13-16-33)27(34)30-14-17-36-19-20-4-10-24(29)11-5-20/h4-11,22H,12-19H2,1-3H3,(H,30,34). The van der Waals surface area contributed by atoms with Crippen LogP contribution in [0.4, 0.5) is 0 Å². The molecule has 1 fully saturated rings. The summed E-state index contributed by atoms with van der Waals surface area (Å²) in [7, 11) is 0. The molecule has 1 aliphatic heterocycles. The van der Waals surface area contributed by atoms with Gasteiger partial charge in [-0.1, -0.05) is 73.9 Å². The summed E-state index contributed by atoms with van der Waals surface area (Å²) in [6, 6.07) is 16.3. The van der Waals surface area contributed by atoms with Crippen molar-refractivity contribution in [3.63, 3.8) is 0 Å². The smallest absolute Gasteiger partial charge is 0.241 e. The van der Waals surface area contributed by atoms with Crippen LogP contribution in [0.3, 0.4) is 0 Å². The first-order valence-corrected chi connectivity index (χ1v) is 14.1. The molecule has 0 saturated carbocycles. The molecule has 8 heteroatoms. The summed E-state index contributed by atoms with van der Waals surface area (Å²) in [6.07, 6.45) is 1.69. The van der Waals surface area contributed by atoms with Crippen LogP contribution in [0.5, 0.6) is 0 Å². The van der Waals surface area contributed by atoms with Gasteiger partial charge in [-0.15, -0.1) is 0 Å². The Bertz CT molecular complexity index is 1120. The van der Waals surface area contributed by atoms with Crippen LogP contribution in [0.15, 0.2) is 53.1 Å². The van der Waals surface area contributed by atoms with E-state index in [4.69, 9.17) is 16.1 Å². The number of piperidine rings is 1. The molecule has 3 aromatic rings. The first kappa shape index (κ1) is 26.7. The van der Waals surface area contributed by atoms with Crippen LogP contribution >= 0.6 is 23.4 Å². The lowest BCUT2D eigenvalue weighted by atomic mass is 9.87. The van der Waals surface area contributed by atoms with E-state index in [0.717, 1.165) is 48.0 Å². The molecule has 4 rings (SSSR count). The summed E-state index contributed by atoms with van der Waals surface area (Å²) in [5.41, 5.74) is 3.59. The zero-order valence-electron chi connectivity index (χ0n) is 21.3. The van der Waals surface area contributed by atoms with Crippen LogP contribution in [0.25, 0.3) is 11.4 Å². The fourth-order valence-electron chi connectivity index (χ4n) is 4.26. The number of carbonyl (C=O) groups is 1. The number of amides is 1. The predicted molar refractivity (Wildman–Crippen MR) is 147 cm³/mol. The zero-order valence-corrected chi connectivity index (χ0v) is 22.9. The molecule has 0 aliphatic carbocycles. The zero-order chi connectivity index (χ0) is 25.5. The summed E-state index contributed by atoms with van der Waals surface area (Å²) >= 11 is 7.74. The van der Waals surface area contributed by atoms with Gasteiger partial charge in [0.05, 0.1) is 6.54 Å². The average molecular weight is 527 g/mol. The number of likely N-dealkylation sites (tertiary alicyclic amines) is 1. The van der Waals surface area contributed by atoms with Gasteiger partial charge in [-0.2, -0.15) is 16.7 Å². The van der Waals surface area contributed by atoms with Crippen LogP contribution in [0.1, 0.15) is 50.6 Å². The van der Waals surface area contributed by atoms with Gasteiger partial charge in [0.1, 0.15) is 0 Å². The van der Waals surface area contributed by atoms with Crippen LogP contribution in [-0.4, -0.2) is 46.3 Å². The van der Waals surface area contributed by atoms with Gasteiger partial charge < -0.3 is 9.84 Å². The number of rotatable bonds is 9. The number of hydrogen-bond donors (Lipinski definition) is 1. The second-order valence-electron chi connectivity index (χ2n) is 10.4. The lowest BCUT2D eigenvalue weighted by Crippen LogP contribution is -2.40. The average Bonchev–Trinajstić information content (AvgIpc) is 3.33. The number of carbonyl (C=O) groups excluding carboxylic acids is 1. The molecule has 0 radical (unpaired) electrons. The fourth-order valence-corrected chi connectivity index (χ4v) is 5.21. The van der Waals surface area contributed by atoms with Crippen molar-refractivity contribution in [1.29, 1.82) is 0 Å². The first-order chi connectivity index (χ1) is 17.3. The Kier molecular flexibility index (Phi) is 9.09. The molecular weight excluding hydrogens is 492 g/mol. The molecule has 6 nitrogen and oxygen atoms in total. The number of halogens is 1. The van der Waals surface area contributed by atoms with E-state index in [1.807, 2.05) is 36.0 Å². The van der Waals surface area contributed by atoms with E-state index in [2.05, 4.69) is 65.4 Å². The van der Waals surface area contributed by atoms with Crippen molar-refractivity contribution in [1.82, 2.24) is 20.4 Å². The van der Waals surface area contributed by atoms with Gasteiger partial charge in [0.15, 0.2) is 0 Å². The minimum atomic E-state index is 0.0714. The maximum Gasteiger partial charge on any atom is 0.241 e. The highest BCUT2D eigenvalue weighted by atomic mass is 35.5. The van der Waals surface area contributed by atoms with Gasteiger partial charge in [-0.3, -0.25) is 9.69 Å². The number of thioether (sulfide) groups is 1. The molecule has 2 heterocycles. The summed E-state index contributed by atoms with van der Waals surface area (Å²) in [6.45, 7) is 9.60. The lowest BCUT2D eigenvalue weighted by Gasteiger charge is -2.30. The van der Waals surface area contributed by atoms with Gasteiger partial charge in [-0.05, 0) is 54.6 Å². The van der Waals surface area contributed by atoms with E-state index in [1.165, 1.54) is 11.1 Å². The minimum absolute atomic E-state index is 0.0714. The Balaban J connectivity index is 1.15. The Morgan fingerprint density at radius 1 is 1.11 bits per heavy atom. The molecule has 1 aliphatic rings. The number of aromatic nitrogens is 2. The summed E-state index contributed by atoms with van der Waals surface area (Å²) in [4.78, 5) is 19.5. The van der Waals surface area contributed by atoms with E-state index in [1.54, 1.807) is 0 Å². The van der Waals surface area contributed by atoms with E-state index in [9.17, 15) is 4.79 Å². The molecule has 0 unspecified atom stereocenters. The number of nitrogens with one attached hydrogen (secondary N) is 1. The van der Waals surface area contributed by atoms with Crippen molar-refractivity contribution in [3.8, 4) is 11.4 Å². The van der Waals surface area contributed by atoms with Crippen LogP contribution in [0.2, 0.25) is 5.02 Å². The predicted octanol–water partition coefficient (Wildman–Crippen LogP) is 5.95. The molecule has 192 valence electrons. The van der Waals surface area contributed by atoms with Gasteiger partial charge in [-0.25, -0.2) is 0 Å². The highest BCUT2D eigenvalue weighted by molar-refractivity contribution is 7.98. The normalized spacial score (nSPS) is 15.2. The Morgan fingerprint density at radius 3 is 2.47 bits per heavy atom. The second-order valence-corrected chi connectivity index (χ2v) is 11.9. The van der Waals surface area contributed by atoms with E-state index >= 15 is 0 Å². The monoisotopic (exact) mass is 526 g/mol. The third-order valence-corrected chi connectivity index (χ3v) is 7.80. The second kappa shape index (κ2) is 12.3. The fraction of sp³-hybridized carbons (Fsp3) is 0.464. The third kappa shape index (κ3) is 7.58. The molecular formula is C28H35ClN4O2S. The van der Waals surface area contributed by atoms with Crippen LogP contribution in [0, 0.1) is 5.92 Å². The van der Waals surface area contributed by atoms with E-state index in [0.29, 0.717) is 24.8 Å². The van der Waals surface area contributed by atoms with Gasteiger partial charge >= 0.3 is 0 Å². The van der Waals surface area contributed by atoms with Crippen LogP contribution in [-0.2, 0) is 22.5 Å². The highest BCUT2D eigenvalue weighted by Crippen LogP contribution is 2.25. The van der Waals surface area contributed by atoms with Crippen molar-refractivity contribution in [2.24, 2.45) is 5.92 Å². The molecule has 2 aromatic carbocycles. The quantitative estimate of drug-likeness (QED) is 0.347. The van der Waals surface area contributed by atoms with Crippen molar-refractivity contribution >= 4 is 29.3 Å². The molecule has 0 spiro atoms. The summed E-state index contributed by atoms with van der Waals surface area (Å²) in [5.74, 6) is 3.29. The topological polar surface area (TPSA) is 71.3 Å². The number of nitrogens with zero attached hydrogens (tertiary/aromatic N) is 3. The Morgan fingerprint density at radius 2 is 1.81 bits per heavy atom. The number of hydrogen-bond acceptors (Lipinski definition) is 6. The van der Waals surface area contributed by atoms with Crippen molar-refractivity contribution < 1.29 is 9.32 Å². The first-order valence-electron chi connectivity index (χ1n) is 12.5. The van der Waals surface area contributed by atoms with E-state index < -0.39 is 0 Å². The molecule has 0 bridgehead atoms. The van der Waals surface area contributed by atoms with Crippen molar-refractivity contribution in [3.05, 3.63) is 70.6 Å². The largest absolute Gasteiger partial charge is 0.355 e. The molecule has 0 atom stereocenters. The lowest BCUT2D eigenvalue weighted by molar-refractivity contribution is -0.126. The molecule has 36 heavy (non-hydrogen) atoms. The van der Waals surface area contributed by atoms with Crippen LogP contribution < -0.4 is 5.32 Å². The van der Waals surface area contributed by atoms with Gasteiger partial charge in [0, 0.05) is 34.6 Å². The minimum Gasteiger partial charge on any atom is -0.355 e. The number of benzene rings is 2. The maximum atomic E-state index is 12.6. The molecule has 1 amide bonds. The van der Waals surface area contributed by atoms with Crippen molar-refractivity contribution in [2.45, 2.75) is 51.3 Å². The van der Waals surface area contributed by atoms with E-state index in [-0.39, 0.29) is 17.2 Å². The van der Waals surface area contributed by atoms with Crippen molar-refractivity contribution in [2.75, 3.05) is 25.4 Å². The van der Waals surface area contributed by atoms with Gasteiger partial charge in [0.25, 0.3) is 0 Å². The third-order valence-electron chi connectivity index (χ3n) is 6.52. The SMILES string of the molecule is CC(C)(C)c1ccc(-c2noc(CN3CCC(C(=O)NCCSCc4ccc(Cl)cc4)CC3)n2)cc1.